The number of carbonyl (C=O) groups excluding carboxylic acids is 2. The van der Waals surface area contributed by atoms with Crippen molar-refractivity contribution in [2.75, 3.05) is 37.6 Å². The van der Waals surface area contributed by atoms with E-state index in [4.69, 9.17) is 11.6 Å². The van der Waals surface area contributed by atoms with Gasteiger partial charge >= 0.3 is 0 Å². The Balaban J connectivity index is 1.31. The second-order valence-corrected chi connectivity index (χ2v) is 7.22. The normalized spacial score (nSPS) is 13.9. The molecular formula is C20H20ClN7O2. The maximum atomic E-state index is 12.5. The Bertz CT molecular complexity index is 1030. The lowest BCUT2D eigenvalue weighted by molar-refractivity contribution is -0.130. The van der Waals surface area contributed by atoms with Crippen molar-refractivity contribution in [3.05, 3.63) is 65.2 Å². The molecule has 1 fully saturated rings. The second-order valence-electron chi connectivity index (χ2n) is 6.79. The van der Waals surface area contributed by atoms with Gasteiger partial charge in [-0.1, -0.05) is 41.0 Å². The Kier molecular flexibility index (Phi) is 5.89. The molecule has 0 saturated carbocycles. The largest absolute Gasteiger partial charge is 0.343 e. The van der Waals surface area contributed by atoms with Crippen LogP contribution in [-0.2, 0) is 4.79 Å². The van der Waals surface area contributed by atoms with Crippen LogP contribution >= 0.6 is 11.6 Å². The Morgan fingerprint density at radius 1 is 1.00 bits per heavy atom. The predicted octanol–water partition coefficient (Wildman–Crippen LogP) is 1.39. The smallest absolute Gasteiger partial charge is 0.251 e. The third kappa shape index (κ3) is 4.41. The molecule has 10 heteroatoms. The van der Waals surface area contributed by atoms with Gasteiger partial charge in [0.2, 0.25) is 11.9 Å². The zero-order valence-electron chi connectivity index (χ0n) is 16.1. The minimum absolute atomic E-state index is 0.0624. The number of nitrogens with zero attached hydrogens (tertiary/aromatic N) is 6. The minimum atomic E-state index is -0.327. The summed E-state index contributed by atoms with van der Waals surface area (Å²) in [6.07, 6.45) is 0. The third-order valence-corrected chi connectivity index (χ3v) is 5.09. The molecule has 3 aromatic rings. The highest BCUT2D eigenvalue weighted by atomic mass is 35.5. The second kappa shape index (κ2) is 8.91. The molecule has 154 valence electrons. The molecule has 2 amide bonds. The van der Waals surface area contributed by atoms with Gasteiger partial charge in [-0.3, -0.25) is 9.59 Å². The van der Waals surface area contributed by atoms with Gasteiger partial charge in [-0.15, -0.1) is 0 Å². The van der Waals surface area contributed by atoms with E-state index in [-0.39, 0.29) is 18.4 Å². The van der Waals surface area contributed by atoms with Crippen LogP contribution < -0.4 is 10.2 Å². The van der Waals surface area contributed by atoms with E-state index in [1.54, 1.807) is 33.8 Å². The molecular weight excluding hydrogens is 406 g/mol. The summed E-state index contributed by atoms with van der Waals surface area (Å²) in [7, 11) is 0. The van der Waals surface area contributed by atoms with E-state index < -0.39 is 0 Å². The SMILES string of the molecule is O=C(NCC(=O)N1CCN(c2nnnn2-c2ccccc2)CC1)c1cccc(Cl)c1. The van der Waals surface area contributed by atoms with E-state index in [9.17, 15) is 9.59 Å². The highest BCUT2D eigenvalue weighted by molar-refractivity contribution is 6.30. The number of para-hydroxylation sites is 1. The first kappa shape index (κ1) is 19.8. The molecule has 0 spiro atoms. The average molecular weight is 426 g/mol. The Morgan fingerprint density at radius 3 is 2.50 bits per heavy atom. The molecule has 1 saturated heterocycles. The number of rotatable bonds is 5. The Labute approximate surface area is 178 Å². The van der Waals surface area contributed by atoms with Crippen LogP contribution in [0.25, 0.3) is 5.69 Å². The molecule has 30 heavy (non-hydrogen) atoms. The number of hydrogen-bond donors (Lipinski definition) is 1. The van der Waals surface area contributed by atoms with E-state index in [0.29, 0.717) is 42.7 Å². The van der Waals surface area contributed by atoms with Gasteiger partial charge in [0.1, 0.15) is 0 Å². The molecule has 0 radical (unpaired) electrons. The first-order valence-corrected chi connectivity index (χ1v) is 9.90. The highest BCUT2D eigenvalue weighted by Gasteiger charge is 2.25. The molecule has 1 aromatic heterocycles. The molecule has 1 aliphatic rings. The van der Waals surface area contributed by atoms with Crippen molar-refractivity contribution in [3.8, 4) is 5.69 Å². The van der Waals surface area contributed by atoms with Crippen LogP contribution in [0.5, 0.6) is 0 Å². The Hall–Kier alpha value is -3.46. The van der Waals surface area contributed by atoms with E-state index >= 15 is 0 Å². The average Bonchev–Trinajstić information content (AvgIpc) is 3.28. The first-order valence-electron chi connectivity index (χ1n) is 9.52. The minimum Gasteiger partial charge on any atom is -0.343 e. The number of piperazine rings is 1. The molecule has 0 unspecified atom stereocenters. The standard InChI is InChI=1S/C20H20ClN7O2/c21-16-6-4-5-15(13-16)19(30)22-14-18(29)26-9-11-27(12-10-26)20-23-24-25-28(20)17-7-2-1-3-8-17/h1-8,13H,9-12,14H2,(H,22,30). The van der Waals surface area contributed by atoms with Crippen molar-refractivity contribution in [2.45, 2.75) is 0 Å². The number of aromatic nitrogens is 4. The number of anilines is 1. The number of halogens is 1. The summed E-state index contributed by atoms with van der Waals surface area (Å²) in [5.74, 6) is 0.182. The fraction of sp³-hybridized carbons (Fsp3) is 0.250. The fourth-order valence-electron chi connectivity index (χ4n) is 3.27. The Morgan fingerprint density at radius 2 is 1.77 bits per heavy atom. The molecule has 1 N–H and O–H groups in total. The maximum Gasteiger partial charge on any atom is 0.251 e. The van der Waals surface area contributed by atoms with Crippen LogP contribution in [0.3, 0.4) is 0 Å². The fourth-order valence-corrected chi connectivity index (χ4v) is 3.46. The molecule has 4 rings (SSSR count). The molecule has 0 aliphatic carbocycles. The van der Waals surface area contributed by atoms with Gasteiger partial charge in [-0.25, -0.2) is 0 Å². The van der Waals surface area contributed by atoms with Gasteiger partial charge < -0.3 is 15.1 Å². The highest BCUT2D eigenvalue weighted by Crippen LogP contribution is 2.17. The van der Waals surface area contributed by atoms with E-state index in [1.807, 2.05) is 35.2 Å². The lowest BCUT2D eigenvalue weighted by Crippen LogP contribution is -2.51. The van der Waals surface area contributed by atoms with Crippen LogP contribution in [0.4, 0.5) is 5.95 Å². The van der Waals surface area contributed by atoms with Gasteiger partial charge in [-0.05, 0) is 40.8 Å². The lowest BCUT2D eigenvalue weighted by Gasteiger charge is -2.34. The van der Waals surface area contributed by atoms with Gasteiger partial charge in [-0.2, -0.15) is 4.68 Å². The maximum absolute atomic E-state index is 12.5. The quantitative estimate of drug-likeness (QED) is 0.663. The number of tetrazole rings is 1. The van der Waals surface area contributed by atoms with E-state index in [1.165, 1.54) is 0 Å². The molecule has 0 bridgehead atoms. The molecule has 1 aliphatic heterocycles. The van der Waals surface area contributed by atoms with Crippen molar-refractivity contribution in [2.24, 2.45) is 0 Å². The zero-order valence-corrected chi connectivity index (χ0v) is 16.9. The summed E-state index contributed by atoms with van der Waals surface area (Å²) >= 11 is 5.90. The molecule has 2 heterocycles. The van der Waals surface area contributed by atoms with Crippen molar-refractivity contribution >= 4 is 29.4 Å². The van der Waals surface area contributed by atoms with Crippen molar-refractivity contribution in [1.82, 2.24) is 30.4 Å². The molecule has 2 aromatic carbocycles. The van der Waals surface area contributed by atoms with Crippen LogP contribution in [-0.4, -0.2) is 69.6 Å². The van der Waals surface area contributed by atoms with Crippen LogP contribution in [0, 0.1) is 0 Å². The van der Waals surface area contributed by atoms with Gasteiger partial charge in [0.25, 0.3) is 5.91 Å². The number of carbonyl (C=O) groups is 2. The van der Waals surface area contributed by atoms with Gasteiger partial charge in [0, 0.05) is 36.8 Å². The van der Waals surface area contributed by atoms with Crippen LogP contribution in [0.1, 0.15) is 10.4 Å². The summed E-state index contributed by atoms with van der Waals surface area (Å²) in [6, 6.07) is 16.3. The predicted molar refractivity (Wildman–Crippen MR) is 112 cm³/mol. The third-order valence-electron chi connectivity index (χ3n) is 4.86. The van der Waals surface area contributed by atoms with Crippen molar-refractivity contribution in [3.63, 3.8) is 0 Å². The van der Waals surface area contributed by atoms with E-state index in [2.05, 4.69) is 20.8 Å². The van der Waals surface area contributed by atoms with Crippen molar-refractivity contribution in [1.29, 1.82) is 0 Å². The number of nitrogens with one attached hydrogen (secondary N) is 1. The lowest BCUT2D eigenvalue weighted by atomic mass is 10.2. The van der Waals surface area contributed by atoms with Crippen molar-refractivity contribution < 1.29 is 9.59 Å². The van der Waals surface area contributed by atoms with Crippen LogP contribution in [0.2, 0.25) is 5.02 Å². The molecule has 0 atom stereocenters. The number of benzene rings is 2. The van der Waals surface area contributed by atoms with E-state index in [0.717, 1.165) is 5.69 Å². The summed E-state index contributed by atoms with van der Waals surface area (Å²) in [5.41, 5.74) is 1.30. The summed E-state index contributed by atoms with van der Waals surface area (Å²) in [5, 5.41) is 15.1. The van der Waals surface area contributed by atoms with Gasteiger partial charge in [0.15, 0.2) is 0 Å². The summed E-state index contributed by atoms with van der Waals surface area (Å²) in [6.45, 7) is 2.18. The number of amides is 2. The first-order chi connectivity index (χ1) is 14.6. The molecule has 9 nitrogen and oxygen atoms in total. The van der Waals surface area contributed by atoms with Crippen LogP contribution in [0.15, 0.2) is 54.6 Å². The summed E-state index contributed by atoms with van der Waals surface area (Å²) < 4.78 is 1.68. The number of hydrogen-bond acceptors (Lipinski definition) is 6. The zero-order chi connectivity index (χ0) is 20.9. The monoisotopic (exact) mass is 425 g/mol. The summed E-state index contributed by atoms with van der Waals surface area (Å²) in [4.78, 5) is 28.5. The van der Waals surface area contributed by atoms with Gasteiger partial charge in [0.05, 0.1) is 12.2 Å². The topological polar surface area (TPSA) is 96.2 Å².